The van der Waals surface area contributed by atoms with Gasteiger partial charge in [0, 0.05) is 5.02 Å². The van der Waals surface area contributed by atoms with Gasteiger partial charge < -0.3 is 14.2 Å². The molecule has 0 N–H and O–H groups in total. The zero-order chi connectivity index (χ0) is 28.1. The molecule has 9 heteroatoms. The molecule has 39 heavy (non-hydrogen) atoms. The van der Waals surface area contributed by atoms with Crippen LogP contribution in [-0.2, 0) is 9.53 Å². The summed E-state index contributed by atoms with van der Waals surface area (Å²) in [7, 11) is 0. The second-order valence-electron chi connectivity index (χ2n) is 9.40. The third-order valence-corrected chi connectivity index (χ3v) is 7.43. The van der Waals surface area contributed by atoms with Crippen molar-refractivity contribution in [3.8, 4) is 11.5 Å². The van der Waals surface area contributed by atoms with Crippen molar-refractivity contribution in [1.29, 1.82) is 0 Å². The number of unbranched alkanes of at least 4 members (excludes halogenated alkanes) is 1. The number of nitrogens with zero attached hydrogens (tertiary/aromatic N) is 2. The molecular weight excluding hydrogens is 536 g/mol. The molecule has 3 aromatic rings. The SMILES string of the molecule is CCCCOc1ccc(C=c2sc3n(c2=O)C(c2ccccc2Cl)C(C(=O)OC(C)C)=C(C)N=3)cc1OCC. The lowest BCUT2D eigenvalue weighted by molar-refractivity contribution is -0.143. The smallest absolute Gasteiger partial charge is 0.338 e. The predicted molar refractivity (Wildman–Crippen MR) is 154 cm³/mol. The molecule has 1 aliphatic heterocycles. The summed E-state index contributed by atoms with van der Waals surface area (Å²) in [5.74, 6) is 0.774. The lowest BCUT2D eigenvalue weighted by Crippen LogP contribution is -2.40. The number of thiazole rings is 1. The Morgan fingerprint density at radius 3 is 2.62 bits per heavy atom. The first-order chi connectivity index (χ1) is 18.7. The maximum atomic E-state index is 13.9. The highest BCUT2D eigenvalue weighted by molar-refractivity contribution is 7.07. The van der Waals surface area contributed by atoms with E-state index in [4.69, 9.17) is 25.8 Å². The fourth-order valence-electron chi connectivity index (χ4n) is 4.33. The van der Waals surface area contributed by atoms with Crippen molar-refractivity contribution in [3.05, 3.63) is 89.6 Å². The molecule has 2 aromatic carbocycles. The van der Waals surface area contributed by atoms with Gasteiger partial charge >= 0.3 is 5.97 Å². The van der Waals surface area contributed by atoms with Gasteiger partial charge in [0.1, 0.15) is 6.04 Å². The van der Waals surface area contributed by atoms with Gasteiger partial charge in [-0.25, -0.2) is 9.79 Å². The van der Waals surface area contributed by atoms with Crippen LogP contribution in [0.3, 0.4) is 0 Å². The first-order valence-electron chi connectivity index (χ1n) is 13.1. The van der Waals surface area contributed by atoms with Crippen LogP contribution in [-0.4, -0.2) is 29.9 Å². The quantitative estimate of drug-likeness (QED) is 0.241. The minimum atomic E-state index is -0.767. The topological polar surface area (TPSA) is 79.1 Å². The molecule has 1 atom stereocenters. The number of hydrogen-bond acceptors (Lipinski definition) is 7. The number of fused-ring (bicyclic) bond motifs is 1. The van der Waals surface area contributed by atoms with Crippen molar-refractivity contribution in [2.75, 3.05) is 13.2 Å². The lowest BCUT2D eigenvalue weighted by atomic mass is 9.96. The van der Waals surface area contributed by atoms with Crippen LogP contribution in [0.25, 0.3) is 6.08 Å². The fourth-order valence-corrected chi connectivity index (χ4v) is 5.62. The Hall–Kier alpha value is -3.36. The average molecular weight is 569 g/mol. The predicted octanol–water partition coefficient (Wildman–Crippen LogP) is 5.42. The highest BCUT2D eigenvalue weighted by atomic mass is 35.5. The standard InChI is InChI=1S/C30H33ClN2O5S/c1-6-8-15-37-23-14-13-20(16-24(23)36-7-2)17-25-28(34)33-27(21-11-9-10-12-22(21)31)26(29(35)38-18(3)4)19(5)32-30(33)39-25/h9-14,16-18,27H,6-8,15H2,1-5H3. The molecular formula is C30H33ClN2O5S. The number of hydrogen-bond donors (Lipinski definition) is 0. The number of esters is 1. The summed E-state index contributed by atoms with van der Waals surface area (Å²) >= 11 is 7.85. The van der Waals surface area contributed by atoms with E-state index in [1.807, 2.05) is 43.3 Å². The highest BCUT2D eigenvalue weighted by Crippen LogP contribution is 2.35. The summed E-state index contributed by atoms with van der Waals surface area (Å²) in [6, 6.07) is 12.1. The van der Waals surface area contributed by atoms with Crippen LogP contribution in [0.4, 0.5) is 0 Å². The second-order valence-corrected chi connectivity index (χ2v) is 10.8. The monoisotopic (exact) mass is 568 g/mol. The second kappa shape index (κ2) is 12.7. The van der Waals surface area contributed by atoms with Crippen molar-refractivity contribution >= 4 is 35.0 Å². The number of carbonyl (C=O) groups excluding carboxylic acids is 1. The molecule has 0 saturated heterocycles. The third-order valence-electron chi connectivity index (χ3n) is 6.10. The van der Waals surface area contributed by atoms with E-state index in [0.29, 0.717) is 55.9 Å². The molecule has 0 bridgehead atoms. The van der Waals surface area contributed by atoms with Crippen molar-refractivity contribution < 1.29 is 19.0 Å². The molecule has 0 saturated carbocycles. The van der Waals surface area contributed by atoms with E-state index in [0.717, 1.165) is 18.4 Å². The van der Waals surface area contributed by atoms with Gasteiger partial charge in [0.25, 0.3) is 5.56 Å². The highest BCUT2D eigenvalue weighted by Gasteiger charge is 2.34. The Morgan fingerprint density at radius 1 is 1.15 bits per heavy atom. The minimum absolute atomic E-state index is 0.271. The molecule has 0 amide bonds. The zero-order valence-electron chi connectivity index (χ0n) is 22.8. The van der Waals surface area contributed by atoms with Gasteiger partial charge in [0.2, 0.25) is 0 Å². The zero-order valence-corrected chi connectivity index (χ0v) is 24.4. The van der Waals surface area contributed by atoms with E-state index in [9.17, 15) is 9.59 Å². The third kappa shape index (κ3) is 6.28. The molecule has 206 valence electrons. The average Bonchev–Trinajstić information content (AvgIpc) is 3.19. The molecule has 1 aromatic heterocycles. The summed E-state index contributed by atoms with van der Waals surface area (Å²) in [5.41, 5.74) is 1.93. The maximum Gasteiger partial charge on any atom is 0.338 e. The number of benzene rings is 2. The molecule has 0 aliphatic carbocycles. The summed E-state index contributed by atoms with van der Waals surface area (Å²) < 4.78 is 19.3. The van der Waals surface area contributed by atoms with Gasteiger partial charge in [-0.3, -0.25) is 9.36 Å². The van der Waals surface area contributed by atoms with E-state index in [2.05, 4.69) is 11.9 Å². The van der Waals surface area contributed by atoms with Gasteiger partial charge in [-0.2, -0.15) is 0 Å². The number of allylic oxidation sites excluding steroid dienone is 1. The number of aromatic nitrogens is 1. The normalized spacial score (nSPS) is 15.3. The first-order valence-corrected chi connectivity index (χ1v) is 14.3. The Morgan fingerprint density at radius 2 is 1.92 bits per heavy atom. The summed E-state index contributed by atoms with van der Waals surface area (Å²) in [6.45, 7) is 10.4. The largest absolute Gasteiger partial charge is 0.490 e. The van der Waals surface area contributed by atoms with Crippen molar-refractivity contribution in [2.24, 2.45) is 4.99 Å². The number of ether oxygens (including phenoxy) is 3. The summed E-state index contributed by atoms with van der Waals surface area (Å²) in [4.78, 5) is 32.2. The molecule has 2 heterocycles. The number of halogens is 1. The molecule has 4 rings (SSSR count). The van der Waals surface area contributed by atoms with E-state index in [-0.39, 0.29) is 11.7 Å². The Kier molecular flexibility index (Phi) is 9.30. The van der Waals surface area contributed by atoms with Gasteiger partial charge in [0.15, 0.2) is 16.3 Å². The fraction of sp³-hybridized carbons (Fsp3) is 0.367. The van der Waals surface area contributed by atoms with Gasteiger partial charge in [-0.15, -0.1) is 0 Å². The van der Waals surface area contributed by atoms with E-state index < -0.39 is 12.0 Å². The van der Waals surface area contributed by atoms with Crippen molar-refractivity contribution in [1.82, 2.24) is 4.57 Å². The van der Waals surface area contributed by atoms with E-state index in [1.54, 1.807) is 32.9 Å². The number of carbonyl (C=O) groups is 1. The van der Waals surface area contributed by atoms with Crippen LogP contribution in [0.5, 0.6) is 11.5 Å². The lowest BCUT2D eigenvalue weighted by Gasteiger charge is -2.26. The van der Waals surface area contributed by atoms with Crippen LogP contribution in [0.1, 0.15) is 64.6 Å². The van der Waals surface area contributed by atoms with Crippen LogP contribution < -0.4 is 24.4 Å². The van der Waals surface area contributed by atoms with Gasteiger partial charge in [-0.05, 0) is 69.5 Å². The van der Waals surface area contributed by atoms with E-state index in [1.165, 1.54) is 15.9 Å². The van der Waals surface area contributed by atoms with Gasteiger partial charge in [0.05, 0.1) is 35.1 Å². The summed E-state index contributed by atoms with van der Waals surface area (Å²) in [5, 5.41) is 0.446. The van der Waals surface area contributed by atoms with Gasteiger partial charge in [-0.1, -0.05) is 60.5 Å². The van der Waals surface area contributed by atoms with Crippen molar-refractivity contribution in [2.45, 2.75) is 59.6 Å². The molecule has 1 unspecified atom stereocenters. The minimum Gasteiger partial charge on any atom is -0.490 e. The summed E-state index contributed by atoms with van der Waals surface area (Å²) in [6.07, 6.45) is 3.46. The van der Waals surface area contributed by atoms with Crippen LogP contribution in [0.15, 0.2) is 63.5 Å². The molecule has 0 spiro atoms. The Labute approximate surface area is 237 Å². The maximum absolute atomic E-state index is 13.9. The molecule has 0 radical (unpaired) electrons. The first kappa shape index (κ1) is 28.6. The van der Waals surface area contributed by atoms with E-state index >= 15 is 0 Å². The van der Waals surface area contributed by atoms with Crippen LogP contribution in [0.2, 0.25) is 5.02 Å². The molecule has 0 fully saturated rings. The molecule has 7 nitrogen and oxygen atoms in total. The Bertz CT molecular complexity index is 1570. The van der Waals surface area contributed by atoms with Crippen LogP contribution >= 0.6 is 22.9 Å². The number of rotatable bonds is 10. The van der Waals surface area contributed by atoms with Crippen LogP contribution in [0, 0.1) is 0 Å². The molecule has 1 aliphatic rings. The van der Waals surface area contributed by atoms with Crippen molar-refractivity contribution in [3.63, 3.8) is 0 Å². The Balaban J connectivity index is 1.85.